The van der Waals surface area contributed by atoms with E-state index in [1.54, 1.807) is 6.92 Å². The molecule has 0 aliphatic rings. The maximum atomic E-state index is 13.5. The van der Waals surface area contributed by atoms with Gasteiger partial charge >= 0.3 is 6.18 Å². The lowest BCUT2D eigenvalue weighted by atomic mass is 10.1. The van der Waals surface area contributed by atoms with E-state index >= 15 is 0 Å². The van der Waals surface area contributed by atoms with Crippen LogP contribution in [0.4, 0.5) is 13.2 Å². The predicted molar refractivity (Wildman–Crippen MR) is 87.7 cm³/mol. The average molecular weight is 426 g/mol. The highest BCUT2D eigenvalue weighted by Crippen LogP contribution is 2.43. The zero-order valence-corrected chi connectivity index (χ0v) is 14.8. The zero-order chi connectivity index (χ0) is 18.1. The molecule has 2 aromatic rings. The second-order valence-corrected chi connectivity index (χ2v) is 6.03. The molecule has 0 spiro atoms. The van der Waals surface area contributed by atoms with E-state index in [4.69, 9.17) is 22.1 Å². The number of rotatable bonds is 5. The number of ether oxygens (including phenoxy) is 1. The summed E-state index contributed by atoms with van der Waals surface area (Å²) in [5, 5.41) is 0.414. The Labute approximate surface area is 149 Å². The van der Waals surface area contributed by atoms with E-state index in [1.165, 1.54) is 24.3 Å². The van der Waals surface area contributed by atoms with Crippen LogP contribution in [0, 0.1) is 0 Å². The molecule has 1 aromatic heterocycles. The minimum absolute atomic E-state index is 0.0202. The Morgan fingerprint density at radius 1 is 1.33 bits per heavy atom. The molecule has 0 unspecified atom stereocenters. The number of hydrogen-bond donors (Lipinski definition) is 1. The van der Waals surface area contributed by atoms with E-state index < -0.39 is 22.3 Å². The fraction of sp³-hybridized carbons (Fsp3) is 0.267. The summed E-state index contributed by atoms with van der Waals surface area (Å²) in [4.78, 5) is 11.8. The number of carbonyl (C=O) groups is 1. The van der Waals surface area contributed by atoms with Gasteiger partial charge in [0, 0.05) is 11.6 Å². The monoisotopic (exact) mass is 424 g/mol. The molecule has 1 aromatic carbocycles. The van der Waals surface area contributed by atoms with Crippen LogP contribution in [-0.4, -0.2) is 17.1 Å². The summed E-state index contributed by atoms with van der Waals surface area (Å²) in [6.07, 6.45) is -4.70. The van der Waals surface area contributed by atoms with Crippen molar-refractivity contribution in [2.24, 2.45) is 5.73 Å². The number of primary amides is 1. The third-order valence-electron chi connectivity index (χ3n) is 3.26. The minimum Gasteiger partial charge on any atom is -0.365 e. The molecule has 0 saturated carbocycles. The molecule has 0 fully saturated rings. The molecular formula is C15H13BrClF3N2O2. The predicted octanol–water partition coefficient (Wildman–Crippen LogP) is 4.68. The average Bonchev–Trinajstić information content (AvgIpc) is 2.78. The van der Waals surface area contributed by atoms with E-state index in [2.05, 4.69) is 15.9 Å². The fourth-order valence-corrected chi connectivity index (χ4v) is 3.26. The van der Waals surface area contributed by atoms with Crippen molar-refractivity contribution in [1.82, 2.24) is 4.57 Å². The molecule has 0 atom stereocenters. The molecule has 0 radical (unpaired) electrons. The van der Waals surface area contributed by atoms with E-state index in [-0.39, 0.29) is 24.6 Å². The van der Waals surface area contributed by atoms with Gasteiger partial charge in [0.1, 0.15) is 12.4 Å². The van der Waals surface area contributed by atoms with Crippen LogP contribution in [0.25, 0.3) is 11.3 Å². The largest absolute Gasteiger partial charge is 0.432 e. The van der Waals surface area contributed by atoms with Crippen molar-refractivity contribution >= 4 is 33.4 Å². The molecule has 1 heterocycles. The Hall–Kier alpha value is -1.51. The maximum Gasteiger partial charge on any atom is 0.432 e. The van der Waals surface area contributed by atoms with E-state index in [1.807, 2.05) is 0 Å². The van der Waals surface area contributed by atoms with Crippen LogP contribution in [0.2, 0.25) is 5.02 Å². The highest BCUT2D eigenvalue weighted by Gasteiger charge is 2.41. The van der Waals surface area contributed by atoms with Crippen LogP contribution in [0.5, 0.6) is 0 Å². The van der Waals surface area contributed by atoms with Gasteiger partial charge in [0.25, 0.3) is 5.91 Å². The van der Waals surface area contributed by atoms with Gasteiger partial charge < -0.3 is 15.0 Å². The molecule has 9 heteroatoms. The maximum absolute atomic E-state index is 13.5. The Morgan fingerprint density at radius 2 is 1.92 bits per heavy atom. The number of benzene rings is 1. The first-order valence-corrected chi connectivity index (χ1v) is 7.98. The van der Waals surface area contributed by atoms with E-state index in [0.717, 1.165) is 4.57 Å². The molecular weight excluding hydrogens is 413 g/mol. The lowest BCUT2D eigenvalue weighted by Crippen LogP contribution is -2.16. The summed E-state index contributed by atoms with van der Waals surface area (Å²) in [5.41, 5.74) is 4.41. The van der Waals surface area contributed by atoms with Gasteiger partial charge in [-0.05, 0) is 40.5 Å². The van der Waals surface area contributed by atoms with Crippen LogP contribution in [-0.2, 0) is 17.6 Å². The van der Waals surface area contributed by atoms with Crippen molar-refractivity contribution in [3.63, 3.8) is 0 Å². The van der Waals surface area contributed by atoms with Crippen molar-refractivity contribution in [3.8, 4) is 11.3 Å². The van der Waals surface area contributed by atoms with Gasteiger partial charge in [-0.3, -0.25) is 4.79 Å². The highest BCUT2D eigenvalue weighted by molar-refractivity contribution is 9.10. The van der Waals surface area contributed by atoms with Crippen molar-refractivity contribution in [2.45, 2.75) is 19.8 Å². The van der Waals surface area contributed by atoms with Gasteiger partial charge in [0.2, 0.25) is 0 Å². The first kappa shape index (κ1) is 18.8. The normalized spacial score (nSPS) is 11.8. The van der Waals surface area contributed by atoms with Gasteiger partial charge in [-0.25, -0.2) is 0 Å². The number of aromatic nitrogens is 1. The lowest BCUT2D eigenvalue weighted by molar-refractivity contribution is -0.146. The topological polar surface area (TPSA) is 57.2 Å². The van der Waals surface area contributed by atoms with Crippen LogP contribution in [0.3, 0.4) is 0 Å². The first-order valence-electron chi connectivity index (χ1n) is 6.81. The number of halogens is 5. The van der Waals surface area contributed by atoms with Crippen molar-refractivity contribution < 1.29 is 22.7 Å². The molecule has 0 aliphatic heterocycles. The number of hydrogen-bond acceptors (Lipinski definition) is 2. The summed E-state index contributed by atoms with van der Waals surface area (Å²) in [6, 6.07) is 6.06. The third kappa shape index (κ3) is 3.60. The molecule has 2 N–H and O–H groups in total. The summed E-state index contributed by atoms with van der Waals surface area (Å²) in [7, 11) is 0. The SMILES string of the molecule is CCOCn1c(-c2ccc(Cl)cc2)c(C(N)=O)c(Br)c1C(F)(F)F. The Balaban J connectivity index is 2.83. The molecule has 130 valence electrons. The number of carbonyl (C=O) groups excluding carboxylic acids is 1. The molecule has 1 amide bonds. The van der Waals surface area contributed by atoms with Gasteiger partial charge in [-0.1, -0.05) is 23.7 Å². The number of nitrogens with zero attached hydrogens (tertiary/aromatic N) is 1. The number of alkyl halides is 3. The van der Waals surface area contributed by atoms with E-state index in [9.17, 15) is 18.0 Å². The summed E-state index contributed by atoms with van der Waals surface area (Å²) in [6.45, 7) is 1.48. The number of nitrogens with two attached hydrogens (primary N) is 1. The molecule has 0 saturated heterocycles. The van der Waals surface area contributed by atoms with Gasteiger partial charge in [-0.15, -0.1) is 0 Å². The van der Waals surface area contributed by atoms with Gasteiger partial charge in [0.15, 0.2) is 0 Å². The Kier molecular flexibility index (Phi) is 5.62. The standard InChI is InChI=1S/C15H13BrClF3N2O2/c1-2-24-7-22-12(8-3-5-9(17)6-4-8)10(14(21)23)11(16)13(22)15(18,19)20/h3-6H,2,7H2,1H3,(H2,21,23). The summed E-state index contributed by atoms with van der Waals surface area (Å²) >= 11 is 8.69. The highest BCUT2D eigenvalue weighted by atomic mass is 79.9. The van der Waals surface area contributed by atoms with Crippen LogP contribution in [0.15, 0.2) is 28.7 Å². The van der Waals surface area contributed by atoms with Crippen LogP contribution in [0.1, 0.15) is 23.0 Å². The third-order valence-corrected chi connectivity index (χ3v) is 4.29. The lowest BCUT2D eigenvalue weighted by Gasteiger charge is -2.15. The van der Waals surface area contributed by atoms with Crippen molar-refractivity contribution in [2.75, 3.05) is 6.61 Å². The minimum atomic E-state index is -4.70. The quantitative estimate of drug-likeness (QED) is 0.756. The second-order valence-electron chi connectivity index (χ2n) is 4.81. The molecule has 2 rings (SSSR count). The van der Waals surface area contributed by atoms with Gasteiger partial charge in [0.05, 0.1) is 15.7 Å². The Morgan fingerprint density at radius 3 is 2.38 bits per heavy atom. The smallest absolute Gasteiger partial charge is 0.365 e. The van der Waals surface area contributed by atoms with Crippen molar-refractivity contribution in [1.29, 1.82) is 0 Å². The Bertz CT molecular complexity index is 758. The van der Waals surface area contributed by atoms with Crippen molar-refractivity contribution in [3.05, 3.63) is 45.0 Å². The summed E-state index contributed by atoms with van der Waals surface area (Å²) < 4.78 is 46.1. The second kappa shape index (κ2) is 7.16. The fourth-order valence-electron chi connectivity index (χ4n) is 2.31. The number of amides is 1. The van der Waals surface area contributed by atoms with Gasteiger partial charge in [-0.2, -0.15) is 13.2 Å². The van der Waals surface area contributed by atoms with Crippen LogP contribution < -0.4 is 5.73 Å². The molecule has 24 heavy (non-hydrogen) atoms. The van der Waals surface area contributed by atoms with Crippen LogP contribution >= 0.6 is 27.5 Å². The molecule has 0 bridgehead atoms. The zero-order valence-electron chi connectivity index (χ0n) is 12.5. The molecule has 4 nitrogen and oxygen atoms in total. The van der Waals surface area contributed by atoms with E-state index in [0.29, 0.717) is 10.6 Å². The summed E-state index contributed by atoms with van der Waals surface area (Å²) in [5.74, 6) is -0.979. The first-order chi connectivity index (χ1) is 11.2. The molecule has 0 aliphatic carbocycles.